The number of nitrogens with zero attached hydrogens (tertiary/aromatic N) is 1. The van der Waals surface area contributed by atoms with E-state index in [1.165, 1.54) is 12.8 Å². The van der Waals surface area contributed by atoms with E-state index in [4.69, 9.17) is 11.6 Å². The third kappa shape index (κ3) is 3.87. The molecule has 1 aromatic carbocycles. The number of likely N-dealkylation sites (tertiary alicyclic amines) is 1. The third-order valence-electron chi connectivity index (χ3n) is 3.87. The van der Waals surface area contributed by atoms with Gasteiger partial charge >= 0.3 is 0 Å². The van der Waals surface area contributed by atoms with Gasteiger partial charge in [-0.25, -0.2) is 0 Å². The Morgan fingerprint density at radius 3 is 2.75 bits per heavy atom. The topological polar surface area (TPSA) is 44.4 Å². The van der Waals surface area contributed by atoms with Crippen LogP contribution in [0.4, 0.5) is 5.69 Å². The maximum absolute atomic E-state index is 11.7. The van der Waals surface area contributed by atoms with Gasteiger partial charge in [0.15, 0.2) is 0 Å². The number of benzene rings is 1. The van der Waals surface area contributed by atoms with Crippen LogP contribution in [0.2, 0.25) is 5.02 Å². The second-order valence-corrected chi connectivity index (χ2v) is 5.81. The molecule has 2 rings (SSSR count). The van der Waals surface area contributed by atoms with Crippen LogP contribution in [0.5, 0.6) is 0 Å². The summed E-state index contributed by atoms with van der Waals surface area (Å²) in [6, 6.07) is 5.50. The van der Waals surface area contributed by atoms with Crippen molar-refractivity contribution in [2.75, 3.05) is 39.0 Å². The monoisotopic (exact) mass is 295 g/mol. The molecule has 0 atom stereocenters. The zero-order valence-electron chi connectivity index (χ0n) is 12.1. The van der Waals surface area contributed by atoms with Crippen LogP contribution in [0, 0.1) is 5.92 Å². The van der Waals surface area contributed by atoms with Crippen LogP contribution in [0.3, 0.4) is 0 Å². The molecule has 1 saturated heterocycles. The Bertz CT molecular complexity index is 470. The van der Waals surface area contributed by atoms with Crippen molar-refractivity contribution in [1.82, 2.24) is 10.2 Å². The van der Waals surface area contributed by atoms with Crippen LogP contribution in [-0.4, -0.2) is 44.5 Å². The predicted molar refractivity (Wildman–Crippen MR) is 83.6 cm³/mol. The standard InChI is InChI=1S/C15H22ClN3O/c1-17-15(20)13-9-12(3-4-14(13)16)18-10-11-5-7-19(2)8-6-11/h3-4,9,11,18H,5-8,10H2,1-2H3,(H,17,20). The van der Waals surface area contributed by atoms with Crippen molar-refractivity contribution in [3.8, 4) is 0 Å². The minimum absolute atomic E-state index is 0.155. The first kappa shape index (κ1) is 15.1. The highest BCUT2D eigenvalue weighted by Gasteiger charge is 2.16. The van der Waals surface area contributed by atoms with Gasteiger partial charge in [0, 0.05) is 19.3 Å². The Kier molecular flexibility index (Phi) is 5.26. The van der Waals surface area contributed by atoms with Crippen LogP contribution < -0.4 is 10.6 Å². The number of halogens is 1. The molecule has 5 heteroatoms. The van der Waals surface area contributed by atoms with E-state index in [0.717, 1.165) is 25.3 Å². The molecule has 1 aromatic rings. The van der Waals surface area contributed by atoms with Crippen LogP contribution in [0.15, 0.2) is 18.2 Å². The van der Waals surface area contributed by atoms with Gasteiger partial charge in [0.2, 0.25) is 0 Å². The predicted octanol–water partition coefficient (Wildman–Crippen LogP) is 2.45. The molecule has 0 spiro atoms. The minimum atomic E-state index is -0.155. The molecule has 0 aromatic heterocycles. The number of hydrogen-bond donors (Lipinski definition) is 2. The summed E-state index contributed by atoms with van der Waals surface area (Å²) in [7, 11) is 3.77. The number of rotatable bonds is 4. The summed E-state index contributed by atoms with van der Waals surface area (Å²) in [6.07, 6.45) is 2.44. The molecule has 0 radical (unpaired) electrons. The maximum Gasteiger partial charge on any atom is 0.252 e. The summed E-state index contributed by atoms with van der Waals surface area (Å²) in [5.41, 5.74) is 1.47. The van der Waals surface area contributed by atoms with Gasteiger partial charge in [0.1, 0.15) is 0 Å². The Labute approximate surface area is 125 Å². The highest BCUT2D eigenvalue weighted by atomic mass is 35.5. The largest absolute Gasteiger partial charge is 0.385 e. The van der Waals surface area contributed by atoms with Gasteiger partial charge in [-0.3, -0.25) is 4.79 Å². The van der Waals surface area contributed by atoms with E-state index in [1.807, 2.05) is 12.1 Å². The molecule has 1 fully saturated rings. The summed E-state index contributed by atoms with van der Waals surface area (Å²) >= 11 is 6.04. The van der Waals surface area contributed by atoms with E-state index in [1.54, 1.807) is 13.1 Å². The van der Waals surface area contributed by atoms with E-state index in [9.17, 15) is 4.79 Å². The lowest BCUT2D eigenvalue weighted by Crippen LogP contribution is -2.33. The van der Waals surface area contributed by atoms with Gasteiger partial charge in [0.25, 0.3) is 5.91 Å². The highest BCUT2D eigenvalue weighted by Crippen LogP contribution is 2.22. The van der Waals surface area contributed by atoms with Crippen molar-refractivity contribution in [1.29, 1.82) is 0 Å². The summed E-state index contributed by atoms with van der Waals surface area (Å²) in [5, 5.41) is 6.50. The zero-order valence-corrected chi connectivity index (χ0v) is 12.8. The van der Waals surface area contributed by atoms with E-state index >= 15 is 0 Å². The molecule has 1 heterocycles. The second-order valence-electron chi connectivity index (χ2n) is 5.40. The molecular weight excluding hydrogens is 274 g/mol. The van der Waals surface area contributed by atoms with Gasteiger partial charge in [-0.05, 0) is 57.1 Å². The van der Waals surface area contributed by atoms with Crippen molar-refractivity contribution in [3.63, 3.8) is 0 Å². The second kappa shape index (κ2) is 6.95. The molecule has 2 N–H and O–H groups in total. The minimum Gasteiger partial charge on any atom is -0.385 e. The highest BCUT2D eigenvalue weighted by molar-refractivity contribution is 6.34. The number of hydrogen-bond acceptors (Lipinski definition) is 3. The summed E-state index contributed by atoms with van der Waals surface area (Å²) in [6.45, 7) is 3.27. The third-order valence-corrected chi connectivity index (χ3v) is 4.20. The first-order valence-corrected chi connectivity index (χ1v) is 7.42. The number of carbonyl (C=O) groups excluding carboxylic acids is 1. The lowest BCUT2D eigenvalue weighted by Gasteiger charge is -2.29. The first-order valence-electron chi connectivity index (χ1n) is 7.04. The van der Waals surface area contributed by atoms with Crippen molar-refractivity contribution in [2.45, 2.75) is 12.8 Å². The fourth-order valence-corrected chi connectivity index (χ4v) is 2.68. The lowest BCUT2D eigenvalue weighted by atomic mass is 9.97. The van der Waals surface area contributed by atoms with Crippen LogP contribution >= 0.6 is 11.6 Å². The average molecular weight is 296 g/mol. The lowest BCUT2D eigenvalue weighted by molar-refractivity contribution is 0.0963. The van der Waals surface area contributed by atoms with Gasteiger partial charge in [0.05, 0.1) is 10.6 Å². The van der Waals surface area contributed by atoms with Crippen LogP contribution in [-0.2, 0) is 0 Å². The van der Waals surface area contributed by atoms with Crippen LogP contribution in [0.25, 0.3) is 0 Å². The molecule has 0 aliphatic carbocycles. The smallest absolute Gasteiger partial charge is 0.252 e. The number of carbonyl (C=O) groups is 1. The van der Waals surface area contributed by atoms with Crippen molar-refractivity contribution in [2.24, 2.45) is 5.92 Å². The van der Waals surface area contributed by atoms with Gasteiger partial charge in [-0.1, -0.05) is 11.6 Å². The van der Waals surface area contributed by atoms with Crippen molar-refractivity contribution >= 4 is 23.2 Å². The summed E-state index contributed by atoms with van der Waals surface area (Å²) in [4.78, 5) is 14.1. The molecule has 110 valence electrons. The number of piperidine rings is 1. The zero-order chi connectivity index (χ0) is 14.5. The van der Waals surface area contributed by atoms with Gasteiger partial charge < -0.3 is 15.5 Å². The summed E-state index contributed by atoms with van der Waals surface area (Å²) in [5.74, 6) is 0.545. The first-order chi connectivity index (χ1) is 9.60. The van der Waals surface area contributed by atoms with Crippen molar-refractivity contribution in [3.05, 3.63) is 28.8 Å². The Hall–Kier alpha value is -1.26. The van der Waals surface area contributed by atoms with Crippen LogP contribution in [0.1, 0.15) is 23.2 Å². The van der Waals surface area contributed by atoms with E-state index in [0.29, 0.717) is 16.5 Å². The molecule has 0 saturated carbocycles. The number of anilines is 1. The molecule has 20 heavy (non-hydrogen) atoms. The van der Waals surface area contributed by atoms with Gasteiger partial charge in [-0.15, -0.1) is 0 Å². The summed E-state index contributed by atoms with van der Waals surface area (Å²) < 4.78 is 0. The molecule has 1 aliphatic heterocycles. The molecule has 1 aliphatic rings. The van der Waals surface area contributed by atoms with E-state index in [2.05, 4.69) is 22.6 Å². The molecular formula is C15H22ClN3O. The molecule has 4 nitrogen and oxygen atoms in total. The molecule has 0 bridgehead atoms. The average Bonchev–Trinajstić information content (AvgIpc) is 2.47. The van der Waals surface area contributed by atoms with E-state index in [-0.39, 0.29) is 5.91 Å². The Balaban J connectivity index is 1.94. The Morgan fingerprint density at radius 2 is 2.10 bits per heavy atom. The fraction of sp³-hybridized carbons (Fsp3) is 0.533. The SMILES string of the molecule is CNC(=O)c1cc(NCC2CCN(C)CC2)ccc1Cl. The molecule has 1 amide bonds. The number of amides is 1. The normalized spacial score (nSPS) is 16.9. The van der Waals surface area contributed by atoms with Gasteiger partial charge in [-0.2, -0.15) is 0 Å². The maximum atomic E-state index is 11.7. The van der Waals surface area contributed by atoms with Crippen molar-refractivity contribution < 1.29 is 4.79 Å². The fourth-order valence-electron chi connectivity index (χ4n) is 2.47. The Morgan fingerprint density at radius 1 is 1.40 bits per heavy atom. The number of nitrogens with one attached hydrogen (secondary N) is 2. The van der Waals surface area contributed by atoms with E-state index < -0.39 is 0 Å². The molecule has 0 unspecified atom stereocenters. The quantitative estimate of drug-likeness (QED) is 0.897.